The van der Waals surface area contributed by atoms with Crippen LogP contribution in [0.1, 0.15) is 116 Å². The maximum absolute atomic E-state index is 15.1. The molecule has 0 radical (unpaired) electrons. The number of fused-ring (bicyclic) bond motifs is 1. The number of allylic oxidation sites excluding steroid dienone is 1. The highest BCUT2D eigenvalue weighted by molar-refractivity contribution is 8.76. The maximum Gasteiger partial charge on any atom is 0.303 e. The second-order valence-electron chi connectivity index (χ2n) is 24.4. The molecule has 0 bridgehead atoms. The zero-order valence-corrected chi connectivity index (χ0v) is 57.3. The van der Waals surface area contributed by atoms with E-state index in [1.807, 2.05) is 0 Å². The number of hydrogen-bond acceptors (Lipinski definition) is 20. The number of aromatic amines is 1. The fourth-order valence-electron chi connectivity index (χ4n) is 11.7. The molecule has 1 aromatic heterocycles. The Bertz CT molecular complexity index is 3440. The summed E-state index contributed by atoms with van der Waals surface area (Å²) in [4.78, 5) is 220. The van der Waals surface area contributed by atoms with E-state index >= 15 is 4.79 Å². The first kappa shape index (κ1) is 79.3. The highest BCUT2D eigenvalue weighted by Crippen LogP contribution is 2.29. The molecule has 0 unspecified atom stereocenters. The minimum Gasteiger partial charge on any atom is -0.481 e. The minimum atomic E-state index is -1.65. The monoisotopic (exact) mass is 1430 g/mol. The number of aliphatic carboxylic acids is 2. The molecule has 0 spiro atoms. The quantitative estimate of drug-likeness (QED) is 0.0188. The van der Waals surface area contributed by atoms with Gasteiger partial charge in [0.05, 0.1) is 19.1 Å². The lowest BCUT2D eigenvalue weighted by Crippen LogP contribution is -2.59. The molecule has 1 aromatic carbocycles. The molecule has 0 aliphatic carbocycles. The SMILES string of the molecule is CC(=O)N[C@H]1CSSC[C@@H](C(=O)N2CCC[C@H]2C(=O)N2CCC[C@H]2C(=O)N[C@@H](CCCCN)C(=O)N[C@@H](CCC(=O)O)C(C)=O)NC(=O)CNC(=O)[C@H](Cc2c[nH]c3ccccc23)NC(=O)[C@H](CCCN=C(N)N)NC(=O)CNC(=O)[C@H](CC2=CCC=N2)NC(=O)[C@H](CCC(=O)O)NC1=O. The Kier molecular flexibility index (Phi) is 31.6. The van der Waals surface area contributed by atoms with E-state index in [1.165, 1.54) is 16.7 Å². The number of aromatic nitrogens is 1. The summed E-state index contributed by atoms with van der Waals surface area (Å²) in [5.74, 6) is -14.0. The van der Waals surface area contributed by atoms with Crippen molar-refractivity contribution in [3.63, 3.8) is 0 Å². The Morgan fingerprint density at radius 2 is 1.30 bits per heavy atom. The van der Waals surface area contributed by atoms with Crippen LogP contribution in [0.25, 0.3) is 10.9 Å². The number of carbonyl (C=O) groups excluding carboxylic acids is 13. The number of carboxylic acid groups (broad SMARTS) is 2. The number of carbonyl (C=O) groups is 15. The van der Waals surface area contributed by atoms with E-state index in [0.29, 0.717) is 47.8 Å². The molecule has 6 rings (SSSR count). The molecule has 3 saturated heterocycles. The number of benzene rings is 1. The molecule has 19 N–H and O–H groups in total. The molecule has 35 nitrogen and oxygen atoms in total. The molecular weight excluding hydrogens is 1340 g/mol. The molecule has 100 heavy (non-hydrogen) atoms. The molecule has 4 aliphatic heterocycles. The number of nitrogens with one attached hydrogen (secondary N) is 11. The van der Waals surface area contributed by atoms with E-state index in [0.717, 1.165) is 28.5 Å². The summed E-state index contributed by atoms with van der Waals surface area (Å²) in [7, 11) is 1.87. The zero-order chi connectivity index (χ0) is 73.0. The molecule has 12 amide bonds. The van der Waals surface area contributed by atoms with Crippen LogP contribution in [0.2, 0.25) is 0 Å². The Morgan fingerprint density at radius 1 is 0.680 bits per heavy atom. The average molecular weight is 1440 g/mol. The van der Waals surface area contributed by atoms with Crippen LogP contribution in [0.3, 0.4) is 0 Å². The smallest absolute Gasteiger partial charge is 0.303 e. The molecule has 5 heterocycles. The van der Waals surface area contributed by atoms with Crippen molar-refractivity contribution in [2.75, 3.05) is 50.8 Å². The first-order valence-corrected chi connectivity index (χ1v) is 35.5. The fraction of sp³-hybridized carbons (Fsp3) is 0.571. The van der Waals surface area contributed by atoms with Crippen molar-refractivity contribution in [1.82, 2.24) is 68.0 Å². The number of ketones is 1. The standard InChI is InChI=1S/C63H90N18O17S2/c1-34(82)39(18-20-52(86)87)75-57(93)42(14-5-6-22-64)77-60(96)48-16-9-25-80(48)62(98)49-17-10-26-81(49)61(97)47-33-100-99-32-46(72-35(2)83)59(95)76-43(19-21-53(88)89)58(94)79-45(28-37-11-7-23-67-37)55(91)71-30-50(84)73-41(15-8-24-68-63(65)66)56(92)78-44(54(90)70-31-51(85)74-47)27-36-29-69-40-13-4-3-12-38(36)40/h3-4,11-13,23,29,39,41-49,69H,5-10,14-22,24-28,30-33,64H2,1-2H3,(H,70,90)(H,71,91)(H,72,83)(H,73,84)(H,74,85)(H,75,93)(H,76,95)(H,77,96)(H,78,92)(H,79,94)(H,86,87)(H,88,89)(H4,65,66,68)/t39-,41-,42-,43-,44-,45-,46-,47-,48-,49-/m0/s1. The van der Waals surface area contributed by atoms with Crippen LogP contribution in [-0.2, 0) is 78.3 Å². The number of rotatable bonds is 26. The Hall–Kier alpha value is -9.65. The molecule has 546 valence electrons. The van der Waals surface area contributed by atoms with Crippen LogP contribution in [0.15, 0.2) is 52.2 Å². The molecule has 4 aliphatic rings. The molecular formula is C63H90N18O17S2. The molecule has 2 aromatic rings. The van der Waals surface area contributed by atoms with Gasteiger partial charge in [0.2, 0.25) is 70.9 Å². The normalized spacial score (nSPS) is 23.0. The summed E-state index contributed by atoms with van der Waals surface area (Å²) in [5, 5.41) is 45.4. The lowest BCUT2D eigenvalue weighted by Gasteiger charge is -2.33. The second kappa shape index (κ2) is 39.8. The van der Waals surface area contributed by atoms with E-state index in [9.17, 15) is 77.3 Å². The van der Waals surface area contributed by atoms with Gasteiger partial charge in [0, 0.05) is 99.2 Å². The average Bonchev–Trinajstić information content (AvgIpc) is 1.62. The minimum absolute atomic E-state index is 0.00558. The molecule has 37 heteroatoms. The largest absolute Gasteiger partial charge is 0.481 e. The van der Waals surface area contributed by atoms with Crippen molar-refractivity contribution in [3.8, 4) is 0 Å². The predicted molar refractivity (Wildman–Crippen MR) is 367 cm³/mol. The highest BCUT2D eigenvalue weighted by atomic mass is 33.1. The van der Waals surface area contributed by atoms with E-state index in [4.69, 9.17) is 17.2 Å². The third-order valence-electron chi connectivity index (χ3n) is 16.8. The van der Waals surface area contributed by atoms with Gasteiger partial charge in [-0.25, -0.2) is 0 Å². The summed E-state index contributed by atoms with van der Waals surface area (Å²) in [6.45, 7) is 1.05. The number of nitrogens with zero attached hydrogens (tertiary/aromatic N) is 4. The van der Waals surface area contributed by atoms with Crippen LogP contribution in [0.5, 0.6) is 0 Å². The summed E-state index contributed by atoms with van der Waals surface area (Å²) in [6, 6.07) is -6.59. The van der Waals surface area contributed by atoms with Crippen molar-refractivity contribution in [1.29, 1.82) is 0 Å². The van der Waals surface area contributed by atoms with Crippen LogP contribution in [-0.4, -0.2) is 237 Å². The Balaban J connectivity index is 1.32. The summed E-state index contributed by atoms with van der Waals surface area (Å²) >= 11 is 0. The van der Waals surface area contributed by atoms with Gasteiger partial charge in [-0.15, -0.1) is 0 Å². The number of H-pyrrole nitrogens is 1. The number of aliphatic imine (C=N–C) groups is 2. The number of guanidine groups is 1. The molecule has 0 saturated carbocycles. The number of para-hydroxylation sites is 1. The van der Waals surface area contributed by atoms with E-state index in [1.54, 1.807) is 42.8 Å². The Labute approximate surface area is 583 Å². The van der Waals surface area contributed by atoms with Crippen molar-refractivity contribution >= 4 is 133 Å². The van der Waals surface area contributed by atoms with Gasteiger partial charge in [-0.2, -0.15) is 0 Å². The Morgan fingerprint density at radius 3 is 1.93 bits per heavy atom. The number of nitrogens with two attached hydrogens (primary N) is 3. The van der Waals surface area contributed by atoms with Crippen LogP contribution in [0, 0.1) is 0 Å². The molecule has 3 fully saturated rings. The van der Waals surface area contributed by atoms with Gasteiger partial charge in [0.25, 0.3) is 0 Å². The summed E-state index contributed by atoms with van der Waals surface area (Å²) in [6.07, 6.45) is 4.82. The number of Topliss-reactive ketones (excluding diaryl/α,β-unsaturated/α-hetero) is 1. The fourth-order valence-corrected chi connectivity index (χ4v) is 14.0. The number of carboxylic acids is 2. The maximum atomic E-state index is 15.1. The summed E-state index contributed by atoms with van der Waals surface area (Å²) < 4.78 is 0. The van der Waals surface area contributed by atoms with E-state index in [-0.39, 0.29) is 101 Å². The lowest BCUT2D eigenvalue weighted by atomic mass is 10.0. The van der Waals surface area contributed by atoms with Gasteiger partial charge >= 0.3 is 11.9 Å². The van der Waals surface area contributed by atoms with Crippen molar-refractivity contribution < 1.29 is 82.1 Å². The third-order valence-corrected chi connectivity index (χ3v) is 19.2. The molecule has 10 atom stereocenters. The first-order valence-electron chi connectivity index (χ1n) is 33.0. The predicted octanol–water partition coefficient (Wildman–Crippen LogP) is -3.53. The van der Waals surface area contributed by atoms with Crippen LogP contribution in [0.4, 0.5) is 0 Å². The number of amides is 12. The van der Waals surface area contributed by atoms with Crippen LogP contribution < -0.4 is 70.4 Å². The van der Waals surface area contributed by atoms with E-state index < -0.39 is 181 Å². The third kappa shape index (κ3) is 25.0. The highest BCUT2D eigenvalue weighted by Gasteiger charge is 2.45. The second-order valence-corrected chi connectivity index (χ2v) is 27.0. The van der Waals surface area contributed by atoms with Gasteiger partial charge in [-0.3, -0.25) is 81.9 Å². The first-order chi connectivity index (χ1) is 47.7. The van der Waals surface area contributed by atoms with Crippen molar-refractivity contribution in [3.05, 3.63) is 47.8 Å². The zero-order valence-electron chi connectivity index (χ0n) is 55.6. The number of hydrogen-bond donors (Lipinski definition) is 16. The van der Waals surface area contributed by atoms with Gasteiger partial charge in [0.15, 0.2) is 11.7 Å². The van der Waals surface area contributed by atoms with Gasteiger partial charge < -0.3 is 95.4 Å². The number of likely N-dealkylation sites (tertiary alicyclic amines) is 2. The lowest BCUT2D eigenvalue weighted by molar-refractivity contribution is -0.147. The topological polar surface area (TPSA) is 542 Å². The summed E-state index contributed by atoms with van der Waals surface area (Å²) in [5.41, 5.74) is 18.4. The van der Waals surface area contributed by atoms with Gasteiger partial charge in [0.1, 0.15) is 54.4 Å². The number of unbranched alkanes of at least 4 members (excludes halogenated alkanes) is 1. The van der Waals surface area contributed by atoms with Gasteiger partial charge in [-0.1, -0.05) is 45.9 Å². The van der Waals surface area contributed by atoms with Gasteiger partial charge in [-0.05, 0) is 95.7 Å². The van der Waals surface area contributed by atoms with Crippen LogP contribution >= 0.6 is 21.6 Å². The van der Waals surface area contributed by atoms with Crippen molar-refractivity contribution in [2.24, 2.45) is 27.2 Å². The van der Waals surface area contributed by atoms with Crippen molar-refractivity contribution in [2.45, 2.75) is 177 Å². The van der Waals surface area contributed by atoms with E-state index in [2.05, 4.69) is 68.1 Å².